The summed E-state index contributed by atoms with van der Waals surface area (Å²) in [7, 11) is 1.46. The van der Waals surface area contributed by atoms with Crippen LogP contribution in [0.1, 0.15) is 19.3 Å². The minimum absolute atomic E-state index is 0.0648. The van der Waals surface area contributed by atoms with E-state index in [1.54, 1.807) is 0 Å². The summed E-state index contributed by atoms with van der Waals surface area (Å²) in [5.41, 5.74) is 8.24. The number of rotatable bonds is 13. The first-order valence-electron chi connectivity index (χ1n) is 8.70. The maximum atomic E-state index is 8.24. The first-order chi connectivity index (χ1) is 14.1. The highest BCUT2D eigenvalue weighted by atomic mass is 35.5. The number of ether oxygens (including phenoxy) is 1. The fourth-order valence-corrected chi connectivity index (χ4v) is 2.37. The number of unbranched alkanes of at least 4 members (excludes halogenated alkanes) is 1. The van der Waals surface area contributed by atoms with Gasteiger partial charge in [0.25, 0.3) is 0 Å². The van der Waals surface area contributed by atoms with Gasteiger partial charge in [0.2, 0.25) is 28.4 Å². The van der Waals surface area contributed by atoms with Gasteiger partial charge in [-0.05, 0) is 48.0 Å². The monoisotopic (exact) mass is 442 g/mol. The molecule has 15 heteroatoms. The molecule has 156 valence electrons. The lowest BCUT2D eigenvalue weighted by atomic mass is 10.3. The summed E-state index contributed by atoms with van der Waals surface area (Å²) in [5.74, 6) is 1.09. The Bertz CT molecular complexity index is 832. The molecule has 0 aliphatic rings. The summed E-state index contributed by atoms with van der Waals surface area (Å²) < 4.78 is 4.94. The third-order valence-electron chi connectivity index (χ3n) is 3.33. The van der Waals surface area contributed by atoms with E-state index in [0.717, 1.165) is 12.8 Å². The van der Waals surface area contributed by atoms with E-state index < -0.39 is 0 Å². The van der Waals surface area contributed by atoms with E-state index in [4.69, 9.17) is 33.5 Å². The SMILES string of the molecule is COc1nc(Cl)nc(NCCCCNc2nc(Cl)nc(NCCCN=[N+]=[N-])n2)n1. The second-order valence-electron chi connectivity index (χ2n) is 5.46. The van der Waals surface area contributed by atoms with E-state index in [2.05, 4.69) is 55.9 Å². The highest BCUT2D eigenvalue weighted by molar-refractivity contribution is 6.28. The minimum atomic E-state index is 0.0648. The number of azide groups is 1. The van der Waals surface area contributed by atoms with Crippen LogP contribution in [-0.2, 0) is 0 Å². The van der Waals surface area contributed by atoms with Crippen LogP contribution in [0.5, 0.6) is 6.01 Å². The molecule has 0 bridgehead atoms. The molecule has 3 N–H and O–H groups in total. The highest BCUT2D eigenvalue weighted by Crippen LogP contribution is 2.11. The van der Waals surface area contributed by atoms with Crippen LogP contribution in [0.15, 0.2) is 5.11 Å². The van der Waals surface area contributed by atoms with Gasteiger partial charge < -0.3 is 20.7 Å². The predicted octanol–water partition coefficient (Wildman–Crippen LogP) is 2.79. The number of nitrogens with one attached hydrogen (secondary N) is 3. The molecule has 0 aromatic carbocycles. The van der Waals surface area contributed by atoms with Gasteiger partial charge in [-0.1, -0.05) is 5.11 Å². The van der Waals surface area contributed by atoms with Crippen molar-refractivity contribution in [3.8, 4) is 6.01 Å². The highest BCUT2D eigenvalue weighted by Gasteiger charge is 2.06. The van der Waals surface area contributed by atoms with Crippen LogP contribution >= 0.6 is 23.2 Å². The summed E-state index contributed by atoms with van der Waals surface area (Å²) in [4.78, 5) is 26.8. The first kappa shape index (κ1) is 22.4. The predicted molar refractivity (Wildman–Crippen MR) is 110 cm³/mol. The van der Waals surface area contributed by atoms with E-state index in [1.807, 2.05) is 0 Å². The van der Waals surface area contributed by atoms with Crippen LogP contribution in [0.25, 0.3) is 10.4 Å². The average Bonchev–Trinajstić information content (AvgIpc) is 2.69. The number of anilines is 3. The largest absolute Gasteiger partial charge is 0.467 e. The zero-order valence-electron chi connectivity index (χ0n) is 15.6. The van der Waals surface area contributed by atoms with E-state index in [-0.39, 0.29) is 16.6 Å². The first-order valence-corrected chi connectivity index (χ1v) is 9.46. The van der Waals surface area contributed by atoms with Crippen LogP contribution in [0.2, 0.25) is 10.6 Å². The molecule has 2 aromatic rings. The van der Waals surface area contributed by atoms with Crippen LogP contribution in [0.3, 0.4) is 0 Å². The van der Waals surface area contributed by atoms with E-state index in [9.17, 15) is 0 Å². The third kappa shape index (κ3) is 8.77. The topological polar surface area (TPSA) is 171 Å². The molecule has 2 heterocycles. The average molecular weight is 443 g/mol. The summed E-state index contributed by atoms with van der Waals surface area (Å²) in [6, 6.07) is 0.156. The molecule has 0 saturated carbocycles. The van der Waals surface area contributed by atoms with Gasteiger partial charge in [0, 0.05) is 31.1 Å². The van der Waals surface area contributed by atoms with Crippen molar-refractivity contribution in [2.45, 2.75) is 19.3 Å². The molecule has 0 saturated heterocycles. The van der Waals surface area contributed by atoms with Gasteiger partial charge in [0.05, 0.1) is 7.11 Å². The fraction of sp³-hybridized carbons (Fsp3) is 0.571. The minimum Gasteiger partial charge on any atom is -0.467 e. The molecule has 0 fully saturated rings. The van der Waals surface area contributed by atoms with Crippen LogP contribution < -0.4 is 20.7 Å². The molecule has 2 aromatic heterocycles. The molecule has 29 heavy (non-hydrogen) atoms. The second-order valence-corrected chi connectivity index (χ2v) is 6.14. The molecule has 0 radical (unpaired) electrons. The van der Waals surface area contributed by atoms with Gasteiger partial charge in [-0.3, -0.25) is 0 Å². The van der Waals surface area contributed by atoms with E-state index >= 15 is 0 Å². The van der Waals surface area contributed by atoms with Crippen LogP contribution in [0, 0.1) is 0 Å². The number of hydrogen-bond donors (Lipinski definition) is 3. The Labute approximate surface area is 176 Å². The van der Waals surface area contributed by atoms with E-state index in [0.29, 0.717) is 50.4 Å². The normalized spacial score (nSPS) is 10.2. The summed E-state index contributed by atoms with van der Waals surface area (Å²) in [5, 5.41) is 12.8. The van der Waals surface area contributed by atoms with Gasteiger partial charge in [0.15, 0.2) is 0 Å². The van der Waals surface area contributed by atoms with Crippen molar-refractivity contribution in [2.75, 3.05) is 49.2 Å². The van der Waals surface area contributed by atoms with Crippen molar-refractivity contribution in [3.63, 3.8) is 0 Å². The maximum absolute atomic E-state index is 8.24. The Morgan fingerprint density at radius 3 is 1.90 bits per heavy atom. The molecular weight excluding hydrogens is 423 g/mol. The quantitative estimate of drug-likeness (QED) is 0.181. The standard InChI is InChI=1S/C14H20Cl2N12O/c1-29-14-25-10(16)24-13(27-14)19-6-3-2-5-18-11-22-9(15)23-12(26-11)20-7-4-8-21-28-17/h2-8H2,1H3,(H,19,24,25,27)(H2,18,20,22,23,26). The molecule has 0 amide bonds. The summed E-state index contributed by atoms with van der Waals surface area (Å²) in [6.45, 7) is 2.22. The second kappa shape index (κ2) is 12.5. The number of methoxy groups -OCH3 is 1. The molecule has 0 aliphatic carbocycles. The molecule has 0 atom stereocenters. The number of hydrogen-bond acceptors (Lipinski definition) is 11. The Balaban J connectivity index is 1.69. The summed E-state index contributed by atoms with van der Waals surface area (Å²) >= 11 is 11.7. The Kier molecular flexibility index (Phi) is 9.69. The summed E-state index contributed by atoms with van der Waals surface area (Å²) in [6.07, 6.45) is 2.32. The zero-order chi connectivity index (χ0) is 20.9. The molecule has 13 nitrogen and oxygen atoms in total. The van der Waals surface area contributed by atoms with Crippen molar-refractivity contribution in [2.24, 2.45) is 5.11 Å². The van der Waals surface area contributed by atoms with Crippen LogP contribution in [-0.4, -0.2) is 63.2 Å². The third-order valence-corrected chi connectivity index (χ3v) is 3.67. The van der Waals surface area contributed by atoms with Gasteiger partial charge in [-0.25, -0.2) is 0 Å². The molecule has 2 rings (SSSR count). The van der Waals surface area contributed by atoms with Gasteiger partial charge >= 0.3 is 6.01 Å². The smallest absolute Gasteiger partial charge is 0.322 e. The molecule has 0 unspecified atom stereocenters. The maximum Gasteiger partial charge on any atom is 0.322 e. The van der Waals surface area contributed by atoms with Gasteiger partial charge in [-0.2, -0.15) is 29.9 Å². The molecular formula is C14H20Cl2N12O. The Morgan fingerprint density at radius 1 is 0.828 bits per heavy atom. The van der Waals surface area contributed by atoms with Crippen LogP contribution in [0.4, 0.5) is 17.8 Å². The van der Waals surface area contributed by atoms with Crippen molar-refractivity contribution in [3.05, 3.63) is 21.0 Å². The molecule has 0 aliphatic heterocycles. The number of halogens is 2. The van der Waals surface area contributed by atoms with Crippen molar-refractivity contribution in [1.29, 1.82) is 0 Å². The fourth-order valence-electron chi connectivity index (χ4n) is 2.06. The van der Waals surface area contributed by atoms with Gasteiger partial charge in [0.1, 0.15) is 0 Å². The van der Waals surface area contributed by atoms with Crippen molar-refractivity contribution in [1.82, 2.24) is 29.9 Å². The van der Waals surface area contributed by atoms with Crippen molar-refractivity contribution >= 4 is 41.0 Å². The lowest BCUT2D eigenvalue weighted by Gasteiger charge is -2.09. The van der Waals surface area contributed by atoms with E-state index in [1.165, 1.54) is 7.11 Å². The molecule has 0 spiro atoms. The number of nitrogens with zero attached hydrogens (tertiary/aromatic N) is 9. The zero-order valence-corrected chi connectivity index (χ0v) is 17.2. The lowest BCUT2D eigenvalue weighted by Crippen LogP contribution is -2.12. The Hall–Kier alpha value is -2.89. The number of aromatic nitrogens is 6. The van der Waals surface area contributed by atoms with Gasteiger partial charge in [-0.15, -0.1) is 0 Å². The lowest BCUT2D eigenvalue weighted by molar-refractivity contribution is 0.379. The van der Waals surface area contributed by atoms with Crippen molar-refractivity contribution < 1.29 is 4.74 Å². The Morgan fingerprint density at radius 2 is 1.34 bits per heavy atom.